The quantitative estimate of drug-likeness (QED) is 0.662. The molecule has 0 atom stereocenters. The summed E-state index contributed by atoms with van der Waals surface area (Å²) in [7, 11) is -1.14. The molecule has 0 amide bonds. The second-order valence-corrected chi connectivity index (χ2v) is 3.10. The van der Waals surface area contributed by atoms with Crippen molar-refractivity contribution in [1.29, 1.82) is 0 Å². The van der Waals surface area contributed by atoms with Crippen molar-refractivity contribution >= 4 is 24.9 Å². The summed E-state index contributed by atoms with van der Waals surface area (Å²) in [6.07, 6.45) is 0. The fraction of sp³-hybridized carbons (Fsp3) is 1.00. The van der Waals surface area contributed by atoms with Crippen molar-refractivity contribution in [2.45, 2.75) is 13.8 Å². The van der Waals surface area contributed by atoms with Gasteiger partial charge in [0.2, 0.25) is 0 Å². The zero-order chi connectivity index (χ0) is 7.11. The van der Waals surface area contributed by atoms with Gasteiger partial charge in [-0.1, -0.05) is 0 Å². The predicted octanol–water partition coefficient (Wildman–Crippen LogP) is 2.61. The highest BCUT2D eigenvalue weighted by atomic mass is 79.9. The van der Waals surface area contributed by atoms with Crippen LogP contribution in [0.5, 0.6) is 0 Å². The molecule has 0 saturated carbocycles. The smallest absolute Gasteiger partial charge is 0.312 e. The molecule has 0 aliphatic carbocycles. The molecule has 0 heterocycles. The molecule has 0 saturated heterocycles. The summed E-state index contributed by atoms with van der Waals surface area (Å²) in [6.45, 7) is 5.00. The fourth-order valence-electron chi connectivity index (χ4n) is 0.288. The molecule has 0 unspecified atom stereocenters. The van der Waals surface area contributed by atoms with Crippen molar-refractivity contribution < 1.29 is 12.7 Å². The summed E-state index contributed by atoms with van der Waals surface area (Å²) in [4.78, 5) is 0. The largest absolute Gasteiger partial charge is 0.344 e. The van der Waals surface area contributed by atoms with Gasteiger partial charge < -0.3 is 9.05 Å². The Bertz CT molecular complexity index is 57.8. The van der Waals surface area contributed by atoms with Crippen LogP contribution in [0.1, 0.15) is 13.8 Å². The molecule has 0 aromatic heterocycles. The van der Waals surface area contributed by atoms with E-state index in [-0.39, 0.29) is 0 Å². The third-order valence-corrected chi connectivity index (χ3v) is 2.29. The minimum atomic E-state index is -1.14. The first kappa shape index (κ1) is 9.79. The van der Waals surface area contributed by atoms with Crippen molar-refractivity contribution in [3.63, 3.8) is 0 Å². The molecule has 0 spiro atoms. The van der Waals surface area contributed by atoms with Crippen LogP contribution in [0.4, 0.5) is 0 Å². The van der Waals surface area contributed by atoms with Crippen LogP contribution in [0, 0.1) is 0 Å². The average molecular weight is 217 g/mol. The van der Waals surface area contributed by atoms with Crippen LogP contribution in [0.15, 0.2) is 0 Å². The normalized spacial score (nSPS) is 10.7. The molecule has 0 radical (unpaired) electrons. The zero-order valence-electron chi connectivity index (χ0n) is 5.46. The summed E-state index contributed by atoms with van der Waals surface area (Å²) in [5, 5.41) is 0. The van der Waals surface area contributed by atoms with Gasteiger partial charge in [-0.2, -0.15) is 0 Å². The highest BCUT2D eigenvalue weighted by Gasteiger charge is 2.07. The molecule has 0 aromatic rings. The molecule has 0 aliphatic rings. The number of hydrogen-bond donors (Lipinski definition) is 0. The maximum Gasteiger partial charge on any atom is 0.344 e. The van der Waals surface area contributed by atoms with Gasteiger partial charge in [0.1, 0.15) is 16.3 Å². The van der Waals surface area contributed by atoms with Crippen molar-refractivity contribution in [1.82, 2.24) is 0 Å². The first-order valence-electron chi connectivity index (χ1n) is 2.69. The van der Waals surface area contributed by atoms with E-state index in [1.54, 1.807) is 0 Å². The molecule has 3 nitrogen and oxygen atoms in total. The van der Waals surface area contributed by atoms with Gasteiger partial charge in [-0.25, -0.2) is 3.62 Å². The lowest BCUT2D eigenvalue weighted by molar-refractivity contribution is 0.231. The summed E-state index contributed by atoms with van der Waals surface area (Å²) in [5.41, 5.74) is 0. The third kappa shape index (κ3) is 5.25. The van der Waals surface area contributed by atoms with Gasteiger partial charge in [-0.3, -0.25) is 0 Å². The van der Waals surface area contributed by atoms with Crippen LogP contribution in [0.3, 0.4) is 0 Å². The van der Waals surface area contributed by atoms with Crippen LogP contribution >= 0.6 is 24.9 Å². The van der Waals surface area contributed by atoms with Gasteiger partial charge in [0, 0.05) is 0 Å². The standard InChI is InChI=1S/C4H10BrO3P/c1-3-6-9(8-5)7-4-2/h3-4H2,1-2H3. The Balaban J connectivity index is 3.18. The van der Waals surface area contributed by atoms with Gasteiger partial charge in [-0.15, -0.1) is 0 Å². The van der Waals surface area contributed by atoms with Crippen molar-refractivity contribution in [2.24, 2.45) is 0 Å². The Morgan fingerprint density at radius 1 is 1.22 bits per heavy atom. The van der Waals surface area contributed by atoms with E-state index in [9.17, 15) is 0 Å². The second kappa shape index (κ2) is 6.90. The Morgan fingerprint density at radius 2 is 1.67 bits per heavy atom. The Kier molecular flexibility index (Phi) is 7.51. The van der Waals surface area contributed by atoms with Crippen molar-refractivity contribution in [3.8, 4) is 0 Å². The predicted molar refractivity (Wildman–Crippen MR) is 40.2 cm³/mol. The molecule has 56 valence electrons. The number of halogens is 1. The molecule has 0 rings (SSSR count). The lowest BCUT2D eigenvalue weighted by Gasteiger charge is -2.08. The maximum atomic E-state index is 5.01. The Hall–Kier alpha value is 0.790. The van der Waals surface area contributed by atoms with Gasteiger partial charge in [-0.05, 0) is 13.8 Å². The molecular formula is C4H10BrO3P. The van der Waals surface area contributed by atoms with E-state index in [2.05, 4.69) is 19.9 Å². The van der Waals surface area contributed by atoms with E-state index in [1.165, 1.54) is 0 Å². The average Bonchev–Trinajstić information content (AvgIpc) is 1.88. The minimum Gasteiger partial charge on any atom is -0.312 e. The molecule has 9 heavy (non-hydrogen) atoms. The van der Waals surface area contributed by atoms with Crippen molar-refractivity contribution in [3.05, 3.63) is 0 Å². The number of hydrogen-bond acceptors (Lipinski definition) is 3. The second-order valence-electron chi connectivity index (χ2n) is 1.13. The molecular weight excluding hydrogens is 207 g/mol. The summed E-state index contributed by atoms with van der Waals surface area (Å²) < 4.78 is 14.7. The molecule has 0 N–H and O–H groups in total. The first-order valence-corrected chi connectivity index (χ1v) is 4.44. The monoisotopic (exact) mass is 216 g/mol. The summed E-state index contributed by atoms with van der Waals surface area (Å²) >= 11 is 2.80. The third-order valence-electron chi connectivity index (χ3n) is 0.525. The van der Waals surface area contributed by atoms with Crippen LogP contribution in [0.25, 0.3) is 0 Å². The fourth-order valence-corrected chi connectivity index (χ4v) is 1.37. The summed E-state index contributed by atoms with van der Waals surface area (Å²) in [5.74, 6) is 0. The van der Waals surface area contributed by atoms with E-state index in [0.717, 1.165) is 0 Å². The van der Waals surface area contributed by atoms with Gasteiger partial charge >= 0.3 is 8.60 Å². The number of rotatable bonds is 5. The van der Waals surface area contributed by atoms with E-state index < -0.39 is 8.60 Å². The van der Waals surface area contributed by atoms with Gasteiger partial charge in [0.15, 0.2) is 0 Å². The molecule has 5 heteroatoms. The van der Waals surface area contributed by atoms with Crippen LogP contribution in [0.2, 0.25) is 0 Å². The Morgan fingerprint density at radius 3 is 1.89 bits per heavy atom. The van der Waals surface area contributed by atoms with E-state index >= 15 is 0 Å². The van der Waals surface area contributed by atoms with Crippen LogP contribution in [-0.4, -0.2) is 13.2 Å². The van der Waals surface area contributed by atoms with Crippen molar-refractivity contribution in [2.75, 3.05) is 13.2 Å². The van der Waals surface area contributed by atoms with Gasteiger partial charge in [0.25, 0.3) is 0 Å². The van der Waals surface area contributed by atoms with E-state index in [4.69, 9.17) is 9.05 Å². The molecule has 0 bridgehead atoms. The lowest BCUT2D eigenvalue weighted by Crippen LogP contribution is -1.88. The van der Waals surface area contributed by atoms with E-state index in [0.29, 0.717) is 13.2 Å². The van der Waals surface area contributed by atoms with Gasteiger partial charge in [0.05, 0.1) is 13.2 Å². The zero-order valence-corrected chi connectivity index (χ0v) is 7.94. The lowest BCUT2D eigenvalue weighted by atomic mass is 10.9. The van der Waals surface area contributed by atoms with Crippen LogP contribution < -0.4 is 0 Å². The Labute approximate surface area is 65.1 Å². The molecule has 0 aliphatic heterocycles. The SMILES string of the molecule is CCOP(OBr)OCC. The molecule has 0 aromatic carbocycles. The highest BCUT2D eigenvalue weighted by molar-refractivity contribution is 9.06. The summed E-state index contributed by atoms with van der Waals surface area (Å²) in [6, 6.07) is 0. The first-order chi connectivity index (χ1) is 4.35. The molecule has 0 fully saturated rings. The highest BCUT2D eigenvalue weighted by Crippen LogP contribution is 2.41. The topological polar surface area (TPSA) is 27.7 Å². The maximum absolute atomic E-state index is 5.01. The van der Waals surface area contributed by atoms with Crippen LogP contribution in [-0.2, 0) is 12.7 Å². The minimum absolute atomic E-state index is 0.608. The van der Waals surface area contributed by atoms with E-state index in [1.807, 2.05) is 13.8 Å².